The van der Waals surface area contributed by atoms with Crippen LogP contribution in [0.4, 0.5) is 0 Å². The van der Waals surface area contributed by atoms with Gasteiger partial charge in [-0.25, -0.2) is 4.79 Å². The fourth-order valence-electron chi connectivity index (χ4n) is 1.43. The predicted molar refractivity (Wildman–Crippen MR) is 71.3 cm³/mol. The van der Waals surface area contributed by atoms with E-state index < -0.39 is 11.9 Å². The second-order valence-electron chi connectivity index (χ2n) is 4.08. The van der Waals surface area contributed by atoms with Crippen LogP contribution in [0.1, 0.15) is 51.9 Å². The Hall–Kier alpha value is 0.0564. The Balaban J connectivity index is 0. The number of aliphatic carboxylic acids is 1. The van der Waals surface area contributed by atoms with E-state index in [0.717, 1.165) is 25.0 Å². The van der Waals surface area contributed by atoms with Crippen molar-refractivity contribution < 1.29 is 66.4 Å². The van der Waals surface area contributed by atoms with Crippen molar-refractivity contribution >= 4 is 11.9 Å². The Kier molecular flexibility index (Phi) is 18.1. The van der Waals surface area contributed by atoms with E-state index in [-0.39, 0.29) is 51.4 Å². The van der Waals surface area contributed by atoms with Crippen molar-refractivity contribution in [1.29, 1.82) is 0 Å². The first kappa shape index (κ1) is 21.4. The zero-order valence-corrected chi connectivity index (χ0v) is 15.1. The van der Waals surface area contributed by atoms with Gasteiger partial charge in [0.25, 0.3) is 0 Å². The predicted octanol–water partition coefficient (Wildman–Crippen LogP) is -0.346. The summed E-state index contributed by atoms with van der Waals surface area (Å²) in [5, 5.41) is 19.3. The first-order chi connectivity index (χ1) is 8.66. The molecule has 0 bridgehead atoms. The molecule has 0 amide bonds. The van der Waals surface area contributed by atoms with Crippen molar-refractivity contribution in [2.45, 2.75) is 51.9 Å². The van der Waals surface area contributed by atoms with Gasteiger partial charge < -0.3 is 10.2 Å². The number of rotatable bonds is 10. The minimum Gasteiger partial charge on any atom is -0.859 e. The molecule has 0 spiro atoms. The van der Waals surface area contributed by atoms with E-state index in [1.807, 2.05) is 6.08 Å². The molecule has 0 aromatic carbocycles. The largest absolute Gasteiger partial charge is 1.00 e. The molecule has 0 aromatic rings. The maximum Gasteiger partial charge on any atom is 1.00 e. The van der Waals surface area contributed by atoms with E-state index in [9.17, 15) is 9.90 Å². The van der Waals surface area contributed by atoms with Crippen molar-refractivity contribution in [3.63, 3.8) is 0 Å². The van der Waals surface area contributed by atoms with Crippen LogP contribution in [-0.2, 0) is 4.79 Å². The molecule has 0 radical (unpaired) electrons. The van der Waals surface area contributed by atoms with Crippen LogP contribution in [0, 0.1) is 0 Å². The number of nitrogens with zero attached hydrogens (tertiary/aromatic N) is 1. The molecule has 0 aliphatic heterocycles. The summed E-state index contributed by atoms with van der Waals surface area (Å²) in [5.74, 6) is -1.69. The topological polar surface area (TPSA) is 72.7 Å². The molecule has 0 fully saturated rings. The average Bonchev–Trinajstić information content (AvgIpc) is 2.34. The molecule has 5 heteroatoms. The Labute approximate surface area is 158 Å². The summed E-state index contributed by atoms with van der Waals surface area (Å²) in [6, 6.07) is 0. The molecule has 1 N–H and O–H groups in total. The number of hydrogen-bond donors (Lipinski definition) is 1. The number of allylic oxidation sites excluding steroid dienone is 1. The summed E-state index contributed by atoms with van der Waals surface area (Å²) >= 11 is 0. The number of carboxylic acids is 1. The van der Waals surface area contributed by atoms with Crippen LogP contribution in [-0.4, -0.2) is 17.0 Å². The van der Waals surface area contributed by atoms with Gasteiger partial charge in [0.1, 0.15) is 0 Å². The van der Waals surface area contributed by atoms with Crippen LogP contribution in [0.25, 0.3) is 0 Å². The van der Waals surface area contributed by atoms with E-state index in [1.165, 1.54) is 38.3 Å². The average molecular weight is 291 g/mol. The fourth-order valence-corrected chi connectivity index (χ4v) is 1.43. The second-order valence-corrected chi connectivity index (χ2v) is 4.08. The Morgan fingerprint density at radius 1 is 1.16 bits per heavy atom. The molecule has 102 valence electrons. The molecule has 0 aliphatic carbocycles. The van der Waals surface area contributed by atoms with Crippen LogP contribution in [0.3, 0.4) is 0 Å². The summed E-state index contributed by atoms with van der Waals surface area (Å²) in [6.45, 7) is 2.19. The molecule has 0 unspecified atom stereocenters. The zero-order valence-electron chi connectivity index (χ0n) is 12.0. The Morgan fingerprint density at radius 3 is 2.42 bits per heavy atom. The third-order valence-electron chi connectivity index (χ3n) is 2.40. The summed E-state index contributed by atoms with van der Waals surface area (Å²) in [5.41, 5.74) is 0. The molecule has 19 heavy (non-hydrogen) atoms. The number of unbranched alkanes of at least 4 members (excludes halogenated alkanes) is 6. The second kappa shape index (κ2) is 16.1. The Bertz CT molecular complexity index is 312. The molecule has 0 saturated carbocycles. The van der Waals surface area contributed by atoms with Crippen molar-refractivity contribution in [2.24, 2.45) is 4.99 Å². The van der Waals surface area contributed by atoms with Crippen molar-refractivity contribution in [1.82, 2.24) is 0 Å². The van der Waals surface area contributed by atoms with Gasteiger partial charge >= 0.3 is 57.4 Å². The van der Waals surface area contributed by atoms with Crippen LogP contribution in [0.5, 0.6) is 0 Å². The maximum atomic E-state index is 11.0. The van der Waals surface area contributed by atoms with E-state index in [2.05, 4.69) is 11.9 Å². The molecule has 4 nitrogen and oxygen atoms in total. The molecule has 0 atom stereocenters. The van der Waals surface area contributed by atoms with Crippen molar-refractivity contribution in [2.75, 3.05) is 0 Å². The molecule has 0 saturated heterocycles. The van der Waals surface area contributed by atoms with Crippen molar-refractivity contribution in [3.05, 3.63) is 24.4 Å². The zero-order chi connectivity index (χ0) is 13.6. The van der Waals surface area contributed by atoms with Gasteiger partial charge in [0.2, 0.25) is 0 Å². The van der Waals surface area contributed by atoms with E-state index in [1.54, 1.807) is 0 Å². The number of hydrogen-bond acceptors (Lipinski definition) is 3. The number of carboxylic acid groups (broad SMARTS) is 1. The van der Waals surface area contributed by atoms with Gasteiger partial charge in [0.05, 0.1) is 0 Å². The van der Waals surface area contributed by atoms with Gasteiger partial charge in [-0.3, -0.25) is 4.99 Å². The van der Waals surface area contributed by atoms with E-state index in [4.69, 9.17) is 5.11 Å². The standard InChI is InChI=1S/C14H23NO3.K/c1-2-3-4-5-6-7-8-9-12-15-13(16)10-11-14(17)18;/h9-12H,2-8H2,1H3,(H,15,16)(H,17,18);/q;+1/p-1/b11-10+,12-9+;. The fraction of sp³-hybridized carbons (Fsp3) is 0.571. The van der Waals surface area contributed by atoms with Gasteiger partial charge in [0, 0.05) is 12.3 Å². The van der Waals surface area contributed by atoms with Crippen LogP contribution >= 0.6 is 0 Å². The molecule has 0 rings (SSSR count). The minimum atomic E-state index is -1.14. The van der Waals surface area contributed by atoms with Gasteiger partial charge in [-0.2, -0.15) is 0 Å². The van der Waals surface area contributed by atoms with Gasteiger partial charge in [-0.1, -0.05) is 45.1 Å². The maximum absolute atomic E-state index is 11.0. The molecular weight excluding hydrogens is 269 g/mol. The third-order valence-corrected chi connectivity index (χ3v) is 2.40. The first-order valence-corrected chi connectivity index (χ1v) is 6.47. The summed E-state index contributed by atoms with van der Waals surface area (Å²) in [7, 11) is 0. The summed E-state index contributed by atoms with van der Waals surface area (Å²) in [4.78, 5) is 13.7. The molecular formula is C14H22KNO3. The van der Waals surface area contributed by atoms with Crippen LogP contribution in [0.2, 0.25) is 0 Å². The van der Waals surface area contributed by atoms with Gasteiger partial charge in [-0.05, 0) is 24.8 Å². The first-order valence-electron chi connectivity index (χ1n) is 6.47. The quantitative estimate of drug-likeness (QED) is 0.197. The van der Waals surface area contributed by atoms with Crippen LogP contribution in [0.15, 0.2) is 29.4 Å². The molecule has 0 aliphatic rings. The normalized spacial score (nSPS) is 11.9. The van der Waals surface area contributed by atoms with Gasteiger partial charge in [-0.15, -0.1) is 0 Å². The van der Waals surface area contributed by atoms with Crippen LogP contribution < -0.4 is 56.5 Å². The number of carbonyl (C=O) groups is 1. The summed E-state index contributed by atoms with van der Waals surface area (Å²) in [6.07, 6.45) is 13.3. The summed E-state index contributed by atoms with van der Waals surface area (Å²) < 4.78 is 0. The SMILES string of the molecule is CCCCCCCC/C=C/N=C([O-])/C=C/C(=O)O.[K+]. The molecule has 0 heterocycles. The Morgan fingerprint density at radius 2 is 1.79 bits per heavy atom. The smallest absolute Gasteiger partial charge is 0.859 e. The van der Waals surface area contributed by atoms with Gasteiger partial charge in [0.15, 0.2) is 0 Å². The van der Waals surface area contributed by atoms with E-state index >= 15 is 0 Å². The minimum absolute atomic E-state index is 0. The third kappa shape index (κ3) is 18.1. The van der Waals surface area contributed by atoms with E-state index in [0.29, 0.717) is 0 Å². The monoisotopic (exact) mass is 291 g/mol. The molecule has 0 aromatic heterocycles. The number of aliphatic imine (C=N–C) groups is 1. The van der Waals surface area contributed by atoms with Crippen molar-refractivity contribution in [3.8, 4) is 0 Å².